The van der Waals surface area contributed by atoms with Gasteiger partial charge in [-0.3, -0.25) is 0 Å². The molecule has 2 heterocycles. The van der Waals surface area contributed by atoms with Gasteiger partial charge in [0.25, 0.3) is 0 Å². The molecular weight excluding hydrogens is 366 g/mol. The van der Waals surface area contributed by atoms with E-state index in [2.05, 4.69) is 29.1 Å². The van der Waals surface area contributed by atoms with Crippen LogP contribution in [0.25, 0.3) is 10.2 Å². The van der Waals surface area contributed by atoms with E-state index in [0.29, 0.717) is 10.8 Å². The standard InChI is InChI=1S/C20H16ClN3OS/c1-12-13(2)26-20-18(12)19(22-11-23-20)24-16-10-14(21)8-9-17(16)25-15-6-4-3-5-7-15/h3-11H,1-2H3,(H,22,23,24). The van der Waals surface area contributed by atoms with Crippen LogP contribution < -0.4 is 10.1 Å². The zero-order valence-corrected chi connectivity index (χ0v) is 15.9. The molecule has 4 nitrogen and oxygen atoms in total. The maximum atomic E-state index is 6.21. The summed E-state index contributed by atoms with van der Waals surface area (Å²) in [5.41, 5.74) is 1.94. The summed E-state index contributed by atoms with van der Waals surface area (Å²) in [4.78, 5) is 11.0. The number of nitrogens with zero attached hydrogens (tertiary/aromatic N) is 2. The van der Waals surface area contributed by atoms with E-state index in [1.807, 2.05) is 42.5 Å². The van der Waals surface area contributed by atoms with Gasteiger partial charge in [0.15, 0.2) is 5.75 Å². The lowest BCUT2D eigenvalue weighted by atomic mass is 10.2. The van der Waals surface area contributed by atoms with E-state index in [1.54, 1.807) is 23.7 Å². The summed E-state index contributed by atoms with van der Waals surface area (Å²) in [5.74, 6) is 2.18. The van der Waals surface area contributed by atoms with Crippen LogP contribution in [0.15, 0.2) is 54.9 Å². The van der Waals surface area contributed by atoms with Gasteiger partial charge in [-0.1, -0.05) is 29.8 Å². The summed E-state index contributed by atoms with van der Waals surface area (Å²) in [7, 11) is 0. The molecule has 0 saturated heterocycles. The van der Waals surface area contributed by atoms with Crippen LogP contribution in [0.2, 0.25) is 5.02 Å². The fourth-order valence-electron chi connectivity index (χ4n) is 2.71. The summed E-state index contributed by atoms with van der Waals surface area (Å²) in [5, 5.41) is 5.03. The molecule has 0 aliphatic rings. The number of hydrogen-bond acceptors (Lipinski definition) is 5. The number of halogens is 1. The van der Waals surface area contributed by atoms with E-state index in [1.165, 1.54) is 10.4 Å². The number of fused-ring (bicyclic) bond motifs is 1. The number of anilines is 2. The number of rotatable bonds is 4. The number of hydrogen-bond donors (Lipinski definition) is 1. The number of aromatic nitrogens is 2. The van der Waals surface area contributed by atoms with Crippen molar-refractivity contribution in [2.24, 2.45) is 0 Å². The molecule has 2 aromatic carbocycles. The van der Waals surface area contributed by atoms with E-state index in [-0.39, 0.29) is 0 Å². The molecule has 4 aromatic rings. The molecular formula is C20H16ClN3OS. The van der Waals surface area contributed by atoms with Crippen LogP contribution >= 0.6 is 22.9 Å². The maximum absolute atomic E-state index is 6.21. The Bertz CT molecular complexity index is 1080. The van der Waals surface area contributed by atoms with Crippen molar-refractivity contribution in [3.05, 3.63) is 70.3 Å². The molecule has 130 valence electrons. The summed E-state index contributed by atoms with van der Waals surface area (Å²) in [6, 6.07) is 15.1. The van der Waals surface area contributed by atoms with Crippen LogP contribution in [0.1, 0.15) is 10.4 Å². The van der Waals surface area contributed by atoms with E-state index in [9.17, 15) is 0 Å². The Kier molecular flexibility index (Phi) is 4.49. The third-order valence-corrected chi connectivity index (χ3v) is 5.48. The molecule has 0 aliphatic heterocycles. The van der Waals surface area contributed by atoms with E-state index >= 15 is 0 Å². The molecule has 0 amide bonds. The molecule has 0 atom stereocenters. The van der Waals surface area contributed by atoms with Gasteiger partial charge < -0.3 is 10.1 Å². The fourth-order valence-corrected chi connectivity index (χ4v) is 3.88. The second-order valence-electron chi connectivity index (χ2n) is 5.87. The SMILES string of the molecule is Cc1sc2ncnc(Nc3cc(Cl)ccc3Oc3ccccc3)c2c1C. The Hall–Kier alpha value is -2.63. The lowest BCUT2D eigenvalue weighted by Gasteiger charge is -2.14. The number of ether oxygens (including phenoxy) is 1. The molecule has 0 saturated carbocycles. The third kappa shape index (κ3) is 3.23. The molecule has 1 N–H and O–H groups in total. The zero-order valence-electron chi connectivity index (χ0n) is 14.3. The van der Waals surface area contributed by atoms with Crippen molar-refractivity contribution in [3.8, 4) is 11.5 Å². The first-order chi connectivity index (χ1) is 12.6. The van der Waals surface area contributed by atoms with Crippen LogP contribution in [0, 0.1) is 13.8 Å². The zero-order chi connectivity index (χ0) is 18.1. The van der Waals surface area contributed by atoms with Gasteiger partial charge in [0.2, 0.25) is 0 Å². The minimum atomic E-state index is 0.622. The topological polar surface area (TPSA) is 47.0 Å². The highest BCUT2D eigenvalue weighted by molar-refractivity contribution is 7.18. The average Bonchev–Trinajstić information content (AvgIpc) is 2.93. The molecule has 6 heteroatoms. The molecule has 4 rings (SSSR count). The van der Waals surface area contributed by atoms with Crippen molar-refractivity contribution in [3.63, 3.8) is 0 Å². The van der Waals surface area contributed by atoms with Crippen molar-refractivity contribution >= 4 is 44.7 Å². The third-order valence-electron chi connectivity index (χ3n) is 4.13. The normalized spacial score (nSPS) is 10.9. The van der Waals surface area contributed by atoms with Crippen LogP contribution in [0.4, 0.5) is 11.5 Å². The van der Waals surface area contributed by atoms with Gasteiger partial charge in [-0.2, -0.15) is 0 Å². The van der Waals surface area contributed by atoms with Crippen molar-refractivity contribution < 1.29 is 4.74 Å². The minimum Gasteiger partial charge on any atom is -0.455 e. The number of aryl methyl sites for hydroxylation is 2. The minimum absolute atomic E-state index is 0.622. The molecule has 0 spiro atoms. The lowest BCUT2D eigenvalue weighted by Crippen LogP contribution is -1.98. The molecule has 0 radical (unpaired) electrons. The van der Waals surface area contributed by atoms with Crippen LogP contribution in [0.5, 0.6) is 11.5 Å². The van der Waals surface area contributed by atoms with Crippen molar-refractivity contribution in [1.82, 2.24) is 9.97 Å². The largest absolute Gasteiger partial charge is 0.455 e. The van der Waals surface area contributed by atoms with Gasteiger partial charge in [-0.05, 0) is 49.7 Å². The smallest absolute Gasteiger partial charge is 0.151 e. The monoisotopic (exact) mass is 381 g/mol. The second-order valence-corrected chi connectivity index (χ2v) is 7.51. The van der Waals surface area contributed by atoms with Gasteiger partial charge in [0.05, 0.1) is 11.1 Å². The van der Waals surface area contributed by atoms with E-state index in [0.717, 1.165) is 27.5 Å². The quantitative estimate of drug-likeness (QED) is 0.438. The Labute approximate surface area is 160 Å². The van der Waals surface area contributed by atoms with Gasteiger partial charge in [-0.25, -0.2) is 9.97 Å². The van der Waals surface area contributed by atoms with Gasteiger partial charge in [0, 0.05) is 9.90 Å². The first-order valence-electron chi connectivity index (χ1n) is 8.12. The Morgan fingerprint density at radius 1 is 1.04 bits per heavy atom. The van der Waals surface area contributed by atoms with Gasteiger partial charge in [-0.15, -0.1) is 11.3 Å². The average molecular weight is 382 g/mol. The first kappa shape index (κ1) is 16.8. The highest BCUT2D eigenvalue weighted by Crippen LogP contribution is 2.37. The van der Waals surface area contributed by atoms with Gasteiger partial charge >= 0.3 is 0 Å². The molecule has 0 aliphatic carbocycles. The second kappa shape index (κ2) is 6.94. The molecule has 2 aromatic heterocycles. The Balaban J connectivity index is 1.76. The Morgan fingerprint density at radius 3 is 2.65 bits per heavy atom. The molecule has 0 unspecified atom stereocenters. The molecule has 0 bridgehead atoms. The number of para-hydroxylation sites is 1. The maximum Gasteiger partial charge on any atom is 0.151 e. The summed E-state index contributed by atoms with van der Waals surface area (Å²) >= 11 is 7.88. The van der Waals surface area contributed by atoms with Crippen molar-refractivity contribution in [2.45, 2.75) is 13.8 Å². The van der Waals surface area contributed by atoms with Crippen LogP contribution in [0.3, 0.4) is 0 Å². The van der Waals surface area contributed by atoms with Gasteiger partial charge in [0.1, 0.15) is 22.7 Å². The summed E-state index contributed by atoms with van der Waals surface area (Å²) < 4.78 is 6.02. The predicted octanol–water partition coefficient (Wildman–Crippen LogP) is 6.50. The number of nitrogens with one attached hydrogen (secondary N) is 1. The molecule has 0 fully saturated rings. The summed E-state index contributed by atoms with van der Waals surface area (Å²) in [6.45, 7) is 4.18. The fraction of sp³-hybridized carbons (Fsp3) is 0.100. The van der Waals surface area contributed by atoms with Crippen LogP contribution in [-0.4, -0.2) is 9.97 Å². The highest BCUT2D eigenvalue weighted by atomic mass is 35.5. The first-order valence-corrected chi connectivity index (χ1v) is 9.31. The Morgan fingerprint density at radius 2 is 1.85 bits per heavy atom. The number of benzene rings is 2. The van der Waals surface area contributed by atoms with Crippen LogP contribution in [-0.2, 0) is 0 Å². The van der Waals surface area contributed by atoms with E-state index in [4.69, 9.17) is 16.3 Å². The van der Waals surface area contributed by atoms with E-state index < -0.39 is 0 Å². The van der Waals surface area contributed by atoms with Crippen molar-refractivity contribution in [2.75, 3.05) is 5.32 Å². The highest BCUT2D eigenvalue weighted by Gasteiger charge is 2.14. The predicted molar refractivity (Wildman–Crippen MR) is 108 cm³/mol. The lowest BCUT2D eigenvalue weighted by molar-refractivity contribution is 0.485. The molecule has 26 heavy (non-hydrogen) atoms. The van der Waals surface area contributed by atoms with Crippen molar-refractivity contribution in [1.29, 1.82) is 0 Å². The number of thiophene rings is 1. The summed E-state index contributed by atoms with van der Waals surface area (Å²) in [6.07, 6.45) is 1.57.